The van der Waals surface area contributed by atoms with Crippen molar-refractivity contribution in [2.24, 2.45) is 0 Å². The minimum Gasteiger partial charge on any atom is -0.493 e. The number of anilines is 1. The van der Waals surface area contributed by atoms with Gasteiger partial charge in [0.05, 0.1) is 25.2 Å². The highest BCUT2D eigenvalue weighted by Gasteiger charge is 2.34. The predicted octanol–water partition coefficient (Wildman–Crippen LogP) is 4.12. The molecule has 0 saturated carbocycles. The molecule has 2 aromatic rings. The third kappa shape index (κ3) is 2.88. The van der Waals surface area contributed by atoms with Gasteiger partial charge >= 0.3 is 0 Å². The Morgan fingerprint density at radius 3 is 2.40 bits per heavy atom. The van der Waals surface area contributed by atoms with E-state index in [0.29, 0.717) is 17.2 Å². The van der Waals surface area contributed by atoms with Crippen molar-refractivity contribution < 1.29 is 14.4 Å². The number of benzene rings is 2. The minimum atomic E-state index is -0.321. The zero-order valence-corrected chi connectivity index (χ0v) is 14.9. The molecule has 2 unspecified atom stereocenters. The molecule has 25 heavy (non-hydrogen) atoms. The van der Waals surface area contributed by atoms with Crippen molar-refractivity contribution in [1.29, 1.82) is 0 Å². The molecular weight excluding hydrogens is 320 g/mol. The Kier molecular flexibility index (Phi) is 4.53. The number of hydrogen-bond donors (Lipinski definition) is 0. The van der Waals surface area contributed by atoms with Gasteiger partial charge < -0.3 is 14.4 Å². The molecule has 0 amide bonds. The van der Waals surface area contributed by atoms with Gasteiger partial charge in [0.2, 0.25) is 0 Å². The van der Waals surface area contributed by atoms with Gasteiger partial charge in [-0.25, -0.2) is 0 Å². The molecule has 0 aliphatic carbocycles. The average molecular weight is 342 g/mol. The largest absolute Gasteiger partial charge is 0.493 e. The van der Waals surface area contributed by atoms with Crippen LogP contribution in [0.1, 0.15) is 31.0 Å². The standard InChI is InChI=1S/C19H22N2O4/c1-12-9-14-10-18(24-3)19(25-4)11-15(14)13(2)20(12)16-7-5-6-8-17(16)21(22)23/h5-8,10-13H,9H2,1-4H3. The van der Waals surface area contributed by atoms with Gasteiger partial charge in [-0.3, -0.25) is 10.1 Å². The normalized spacial score (nSPS) is 19.3. The third-order valence-electron chi connectivity index (χ3n) is 4.86. The highest BCUT2D eigenvalue weighted by Crippen LogP contribution is 2.43. The number of methoxy groups -OCH3 is 2. The summed E-state index contributed by atoms with van der Waals surface area (Å²) in [6.45, 7) is 4.16. The van der Waals surface area contributed by atoms with E-state index in [1.165, 1.54) is 5.56 Å². The Morgan fingerprint density at radius 2 is 1.76 bits per heavy atom. The second-order valence-electron chi connectivity index (χ2n) is 6.29. The quantitative estimate of drug-likeness (QED) is 0.617. The number of fused-ring (bicyclic) bond motifs is 1. The van der Waals surface area contributed by atoms with Gasteiger partial charge in [0.1, 0.15) is 5.69 Å². The van der Waals surface area contributed by atoms with Crippen molar-refractivity contribution in [2.45, 2.75) is 32.4 Å². The zero-order valence-electron chi connectivity index (χ0n) is 14.9. The molecule has 1 aliphatic heterocycles. The van der Waals surface area contributed by atoms with Crippen LogP contribution in [0.5, 0.6) is 11.5 Å². The van der Waals surface area contributed by atoms with Crippen LogP contribution in [-0.2, 0) is 6.42 Å². The van der Waals surface area contributed by atoms with Crippen molar-refractivity contribution in [1.82, 2.24) is 0 Å². The van der Waals surface area contributed by atoms with Crippen molar-refractivity contribution in [3.05, 3.63) is 57.6 Å². The summed E-state index contributed by atoms with van der Waals surface area (Å²) in [5.41, 5.74) is 3.07. The molecule has 0 spiro atoms. The SMILES string of the molecule is COc1cc2c(cc1OC)C(C)N(c1ccccc1[N+](=O)[O-])C(C)C2. The number of hydrogen-bond acceptors (Lipinski definition) is 5. The summed E-state index contributed by atoms with van der Waals surface area (Å²) in [6, 6.07) is 11.0. The molecule has 0 bridgehead atoms. The van der Waals surface area contributed by atoms with Crippen LogP contribution >= 0.6 is 0 Å². The molecule has 1 heterocycles. The van der Waals surface area contributed by atoms with Crippen LogP contribution < -0.4 is 14.4 Å². The first-order valence-electron chi connectivity index (χ1n) is 8.24. The zero-order chi connectivity index (χ0) is 18.1. The van der Waals surface area contributed by atoms with E-state index in [4.69, 9.17) is 9.47 Å². The highest BCUT2D eigenvalue weighted by atomic mass is 16.6. The number of nitro groups is 1. The van der Waals surface area contributed by atoms with Gasteiger partial charge in [-0.15, -0.1) is 0 Å². The van der Waals surface area contributed by atoms with E-state index in [1.54, 1.807) is 26.4 Å². The summed E-state index contributed by atoms with van der Waals surface area (Å²) in [6.07, 6.45) is 0.784. The minimum absolute atomic E-state index is 0.0142. The topological polar surface area (TPSA) is 64.8 Å². The molecule has 0 saturated heterocycles. The molecule has 1 aliphatic rings. The first-order chi connectivity index (χ1) is 12.0. The molecule has 0 N–H and O–H groups in total. The highest BCUT2D eigenvalue weighted by molar-refractivity contribution is 5.66. The Bertz CT molecular complexity index is 806. The van der Waals surface area contributed by atoms with E-state index in [-0.39, 0.29) is 22.7 Å². The number of nitro benzene ring substituents is 1. The van der Waals surface area contributed by atoms with E-state index in [1.807, 2.05) is 24.3 Å². The predicted molar refractivity (Wildman–Crippen MR) is 96.7 cm³/mol. The molecule has 0 radical (unpaired) electrons. The lowest BCUT2D eigenvalue weighted by atomic mass is 9.88. The lowest BCUT2D eigenvalue weighted by molar-refractivity contribution is -0.384. The fraction of sp³-hybridized carbons (Fsp3) is 0.368. The van der Waals surface area contributed by atoms with Gasteiger partial charge in [-0.2, -0.15) is 0 Å². The molecule has 6 heteroatoms. The maximum Gasteiger partial charge on any atom is 0.292 e. The van der Waals surface area contributed by atoms with Crippen molar-refractivity contribution in [2.75, 3.05) is 19.1 Å². The van der Waals surface area contributed by atoms with E-state index in [2.05, 4.69) is 18.7 Å². The lowest BCUT2D eigenvalue weighted by Gasteiger charge is -2.42. The Morgan fingerprint density at radius 1 is 1.12 bits per heavy atom. The molecule has 3 rings (SSSR count). The number of nitrogens with zero attached hydrogens (tertiary/aromatic N) is 2. The first-order valence-corrected chi connectivity index (χ1v) is 8.24. The van der Waals surface area contributed by atoms with Crippen LogP contribution in [0.15, 0.2) is 36.4 Å². The second kappa shape index (κ2) is 6.63. The van der Waals surface area contributed by atoms with Gasteiger partial charge in [0, 0.05) is 12.1 Å². The smallest absolute Gasteiger partial charge is 0.292 e. The molecular formula is C19H22N2O4. The Hall–Kier alpha value is -2.76. The van der Waals surface area contributed by atoms with E-state index in [0.717, 1.165) is 12.0 Å². The summed E-state index contributed by atoms with van der Waals surface area (Å²) in [5, 5.41) is 11.4. The van der Waals surface area contributed by atoms with Crippen LogP contribution in [0.3, 0.4) is 0 Å². The van der Waals surface area contributed by atoms with Gasteiger partial charge in [0.15, 0.2) is 11.5 Å². The molecule has 0 aromatic heterocycles. The van der Waals surface area contributed by atoms with Gasteiger partial charge in [0.25, 0.3) is 5.69 Å². The van der Waals surface area contributed by atoms with Crippen LogP contribution in [0.2, 0.25) is 0 Å². The monoisotopic (exact) mass is 342 g/mol. The van der Waals surface area contributed by atoms with Crippen LogP contribution in [0.4, 0.5) is 11.4 Å². The summed E-state index contributed by atoms with van der Waals surface area (Å²) >= 11 is 0. The fourth-order valence-electron chi connectivity index (χ4n) is 3.73. The van der Waals surface area contributed by atoms with Crippen molar-refractivity contribution in [3.8, 4) is 11.5 Å². The van der Waals surface area contributed by atoms with Crippen LogP contribution in [0, 0.1) is 10.1 Å². The molecule has 132 valence electrons. The van der Waals surface area contributed by atoms with Crippen LogP contribution in [0.25, 0.3) is 0 Å². The van der Waals surface area contributed by atoms with Gasteiger partial charge in [-0.1, -0.05) is 12.1 Å². The summed E-state index contributed by atoms with van der Waals surface area (Å²) < 4.78 is 10.8. The van der Waals surface area contributed by atoms with Gasteiger partial charge in [-0.05, 0) is 49.6 Å². The Labute approximate surface area is 147 Å². The molecule has 0 fully saturated rings. The first kappa shape index (κ1) is 17.1. The summed E-state index contributed by atoms with van der Waals surface area (Å²) in [4.78, 5) is 13.2. The molecule has 6 nitrogen and oxygen atoms in total. The lowest BCUT2D eigenvalue weighted by Crippen LogP contribution is -2.41. The summed E-state index contributed by atoms with van der Waals surface area (Å²) in [5.74, 6) is 1.38. The fourth-order valence-corrected chi connectivity index (χ4v) is 3.73. The van der Waals surface area contributed by atoms with Crippen molar-refractivity contribution in [3.63, 3.8) is 0 Å². The Balaban J connectivity index is 2.10. The van der Waals surface area contributed by atoms with E-state index >= 15 is 0 Å². The van der Waals surface area contributed by atoms with Crippen molar-refractivity contribution >= 4 is 11.4 Å². The number of rotatable bonds is 4. The third-order valence-corrected chi connectivity index (χ3v) is 4.86. The molecule has 2 aromatic carbocycles. The summed E-state index contributed by atoms with van der Waals surface area (Å²) in [7, 11) is 3.24. The average Bonchev–Trinajstić information content (AvgIpc) is 2.61. The van der Waals surface area contributed by atoms with E-state index in [9.17, 15) is 10.1 Å². The maximum absolute atomic E-state index is 11.4. The molecule has 2 atom stereocenters. The maximum atomic E-state index is 11.4. The van der Waals surface area contributed by atoms with Crippen LogP contribution in [-0.4, -0.2) is 25.2 Å². The second-order valence-corrected chi connectivity index (χ2v) is 6.29. The van der Waals surface area contributed by atoms with E-state index < -0.39 is 0 Å². The number of para-hydroxylation sites is 2. The number of ether oxygens (including phenoxy) is 2.